The Hall–Kier alpha value is -2.96. The molecule has 2 aromatic heterocycles. The minimum atomic E-state index is -0.360. The van der Waals surface area contributed by atoms with Crippen LogP contribution in [0.3, 0.4) is 0 Å². The second-order valence-corrected chi connectivity index (χ2v) is 7.91. The molecular formula is C20H25N5O2. The van der Waals surface area contributed by atoms with Gasteiger partial charge in [0.2, 0.25) is 5.91 Å². The minimum absolute atomic E-state index is 0.0918. The van der Waals surface area contributed by atoms with Crippen molar-refractivity contribution in [3.05, 3.63) is 52.6 Å². The van der Waals surface area contributed by atoms with Gasteiger partial charge in [-0.05, 0) is 38.8 Å². The smallest absolute Gasteiger partial charge is 0.293 e. The number of hydrogen-bond donors (Lipinski definition) is 1. The van der Waals surface area contributed by atoms with Crippen LogP contribution in [0.25, 0.3) is 10.9 Å². The molecule has 7 nitrogen and oxygen atoms in total. The maximum absolute atomic E-state index is 13.1. The highest BCUT2D eigenvalue weighted by Crippen LogP contribution is 2.24. The van der Waals surface area contributed by atoms with Gasteiger partial charge in [0.05, 0.1) is 17.4 Å². The minimum Gasteiger partial charge on any atom is -0.324 e. The van der Waals surface area contributed by atoms with Crippen LogP contribution in [0.5, 0.6) is 0 Å². The number of nitrogens with zero attached hydrogens (tertiary/aromatic N) is 4. The third kappa shape index (κ3) is 3.77. The van der Waals surface area contributed by atoms with Crippen molar-refractivity contribution in [3.63, 3.8) is 0 Å². The first-order valence-corrected chi connectivity index (χ1v) is 9.02. The summed E-state index contributed by atoms with van der Waals surface area (Å²) in [5, 5.41) is 12.4. The maximum Gasteiger partial charge on any atom is 0.293 e. The Morgan fingerprint density at radius 3 is 2.44 bits per heavy atom. The van der Waals surface area contributed by atoms with Gasteiger partial charge in [-0.3, -0.25) is 14.3 Å². The van der Waals surface area contributed by atoms with Gasteiger partial charge in [-0.25, -0.2) is 4.68 Å². The number of carbonyl (C=O) groups is 1. The average Bonchev–Trinajstić information content (AvgIpc) is 3.03. The van der Waals surface area contributed by atoms with E-state index in [9.17, 15) is 9.59 Å². The van der Waals surface area contributed by atoms with Crippen molar-refractivity contribution in [2.75, 3.05) is 5.32 Å². The third-order valence-corrected chi connectivity index (χ3v) is 4.24. The molecule has 7 heteroatoms. The fraction of sp³-hybridized carbons (Fsp3) is 0.400. The van der Waals surface area contributed by atoms with E-state index in [2.05, 4.69) is 15.5 Å². The summed E-state index contributed by atoms with van der Waals surface area (Å²) < 4.78 is 2.95. The van der Waals surface area contributed by atoms with E-state index in [1.54, 1.807) is 23.0 Å². The van der Waals surface area contributed by atoms with Crippen molar-refractivity contribution in [1.29, 1.82) is 0 Å². The molecule has 0 radical (unpaired) electrons. The van der Waals surface area contributed by atoms with Gasteiger partial charge < -0.3 is 5.32 Å². The molecule has 1 aromatic carbocycles. The van der Waals surface area contributed by atoms with Gasteiger partial charge in [0.25, 0.3) is 5.56 Å². The summed E-state index contributed by atoms with van der Waals surface area (Å²) in [7, 11) is 0. The molecule has 3 rings (SSSR count). The molecule has 142 valence electrons. The Morgan fingerprint density at radius 1 is 1.19 bits per heavy atom. The molecule has 0 bridgehead atoms. The van der Waals surface area contributed by atoms with Crippen LogP contribution in [0.2, 0.25) is 0 Å². The highest BCUT2D eigenvalue weighted by Gasteiger charge is 2.24. The van der Waals surface area contributed by atoms with E-state index >= 15 is 0 Å². The van der Waals surface area contributed by atoms with Crippen LogP contribution in [-0.4, -0.2) is 25.5 Å². The number of rotatable bonds is 4. The van der Waals surface area contributed by atoms with Crippen molar-refractivity contribution in [2.24, 2.45) is 0 Å². The molecule has 2 heterocycles. The van der Waals surface area contributed by atoms with E-state index in [0.717, 1.165) is 11.1 Å². The molecule has 0 unspecified atom stereocenters. The predicted molar refractivity (Wildman–Crippen MR) is 106 cm³/mol. The molecule has 1 amide bonds. The summed E-state index contributed by atoms with van der Waals surface area (Å²) in [6.07, 6.45) is 1.69. The number of hydrogen-bond acceptors (Lipinski definition) is 4. The fourth-order valence-corrected chi connectivity index (χ4v) is 2.99. The van der Waals surface area contributed by atoms with E-state index in [1.807, 2.05) is 52.8 Å². The van der Waals surface area contributed by atoms with Crippen molar-refractivity contribution in [3.8, 4) is 0 Å². The fourth-order valence-electron chi connectivity index (χ4n) is 2.99. The number of carbonyl (C=O) groups excluding carboxylic acids is 1. The average molecular weight is 367 g/mol. The zero-order valence-corrected chi connectivity index (χ0v) is 16.4. The van der Waals surface area contributed by atoms with Crippen molar-refractivity contribution in [1.82, 2.24) is 19.6 Å². The standard InChI is InChI=1S/C20H25N5O2/c1-13(2)17-15-11-21-25(20(3,4)5)18(15)19(27)24(23-17)12-16(26)22-14-9-7-6-8-10-14/h6-11,13H,12H2,1-5H3,(H,22,26). The quantitative estimate of drug-likeness (QED) is 0.768. The number of amides is 1. The maximum atomic E-state index is 13.1. The number of fused-ring (bicyclic) bond motifs is 1. The molecule has 0 saturated heterocycles. The molecule has 0 aliphatic heterocycles. The van der Waals surface area contributed by atoms with E-state index in [1.165, 1.54) is 4.68 Å². The lowest BCUT2D eigenvalue weighted by Gasteiger charge is -2.21. The molecule has 0 atom stereocenters. The van der Waals surface area contributed by atoms with Gasteiger partial charge in [0.15, 0.2) is 0 Å². The van der Waals surface area contributed by atoms with Crippen LogP contribution in [0.1, 0.15) is 46.2 Å². The first-order chi connectivity index (χ1) is 12.7. The third-order valence-electron chi connectivity index (χ3n) is 4.24. The SMILES string of the molecule is CC(C)c1nn(CC(=O)Nc2ccccc2)c(=O)c2c1cnn2C(C)(C)C. The van der Waals surface area contributed by atoms with Crippen LogP contribution in [0.4, 0.5) is 5.69 Å². The van der Waals surface area contributed by atoms with Gasteiger partial charge in [0, 0.05) is 11.1 Å². The first kappa shape index (κ1) is 18.8. The summed E-state index contributed by atoms with van der Waals surface area (Å²) in [5.74, 6) is -0.208. The molecule has 3 aromatic rings. The summed E-state index contributed by atoms with van der Waals surface area (Å²) >= 11 is 0. The monoisotopic (exact) mass is 367 g/mol. The van der Waals surface area contributed by atoms with Gasteiger partial charge in [0.1, 0.15) is 12.1 Å². The van der Waals surface area contributed by atoms with Gasteiger partial charge in [-0.1, -0.05) is 32.0 Å². The van der Waals surface area contributed by atoms with Gasteiger partial charge in [-0.15, -0.1) is 0 Å². The van der Waals surface area contributed by atoms with E-state index < -0.39 is 0 Å². The Kier molecular flexibility index (Phi) is 4.87. The topological polar surface area (TPSA) is 81.8 Å². The summed E-state index contributed by atoms with van der Waals surface area (Å²) in [5.41, 5.74) is 1.24. The number of aromatic nitrogens is 4. The van der Waals surface area contributed by atoms with Crippen LogP contribution in [0, 0.1) is 0 Å². The van der Waals surface area contributed by atoms with Crippen LogP contribution in [0.15, 0.2) is 41.3 Å². The largest absolute Gasteiger partial charge is 0.324 e. The zero-order valence-electron chi connectivity index (χ0n) is 16.4. The summed E-state index contributed by atoms with van der Waals surface area (Å²) in [4.78, 5) is 25.5. The molecule has 1 N–H and O–H groups in total. The van der Waals surface area contributed by atoms with E-state index in [4.69, 9.17) is 0 Å². The van der Waals surface area contributed by atoms with E-state index in [-0.39, 0.29) is 29.5 Å². The van der Waals surface area contributed by atoms with Crippen molar-refractivity contribution in [2.45, 2.75) is 52.6 Å². The Balaban J connectivity index is 2.06. The highest BCUT2D eigenvalue weighted by molar-refractivity contribution is 5.90. The van der Waals surface area contributed by atoms with Crippen LogP contribution in [-0.2, 0) is 16.9 Å². The molecule has 0 spiro atoms. The number of nitrogens with one attached hydrogen (secondary N) is 1. The molecule has 0 aliphatic carbocycles. The number of anilines is 1. The molecule has 27 heavy (non-hydrogen) atoms. The normalized spacial score (nSPS) is 11.9. The lowest BCUT2D eigenvalue weighted by Crippen LogP contribution is -2.34. The van der Waals surface area contributed by atoms with Crippen molar-refractivity contribution >= 4 is 22.5 Å². The number of benzene rings is 1. The Labute approximate surface area is 158 Å². The number of para-hydroxylation sites is 1. The second kappa shape index (κ2) is 6.98. The van der Waals surface area contributed by atoms with Crippen LogP contribution >= 0.6 is 0 Å². The lowest BCUT2D eigenvalue weighted by molar-refractivity contribution is -0.117. The van der Waals surface area contributed by atoms with Gasteiger partial charge >= 0.3 is 0 Å². The van der Waals surface area contributed by atoms with Gasteiger partial charge in [-0.2, -0.15) is 10.2 Å². The zero-order chi connectivity index (χ0) is 19.8. The first-order valence-electron chi connectivity index (χ1n) is 9.02. The molecule has 0 fully saturated rings. The van der Waals surface area contributed by atoms with Crippen LogP contribution < -0.4 is 10.9 Å². The Bertz CT molecular complexity index is 1030. The van der Waals surface area contributed by atoms with E-state index in [0.29, 0.717) is 11.2 Å². The lowest BCUT2D eigenvalue weighted by atomic mass is 10.1. The molecule has 0 saturated carbocycles. The summed E-state index contributed by atoms with van der Waals surface area (Å²) in [6.45, 7) is 9.82. The highest BCUT2D eigenvalue weighted by atomic mass is 16.2. The molecular weight excluding hydrogens is 342 g/mol. The summed E-state index contributed by atoms with van der Waals surface area (Å²) in [6, 6.07) is 9.14. The van der Waals surface area contributed by atoms with Crippen molar-refractivity contribution < 1.29 is 4.79 Å². The predicted octanol–water partition coefficient (Wildman–Crippen LogP) is 3.11. The molecule has 0 aliphatic rings. The second-order valence-electron chi connectivity index (χ2n) is 7.91. The Morgan fingerprint density at radius 2 is 1.85 bits per heavy atom.